The predicted molar refractivity (Wildman–Crippen MR) is 123 cm³/mol. The molecule has 3 aromatic rings. The Hall–Kier alpha value is -3.85. The third kappa shape index (κ3) is 3.67. The van der Waals surface area contributed by atoms with Crippen LogP contribution in [0, 0.1) is 24.1 Å². The number of anilines is 2. The van der Waals surface area contributed by atoms with Crippen molar-refractivity contribution in [1.82, 2.24) is 0 Å². The van der Waals surface area contributed by atoms with Crippen molar-refractivity contribution in [3.05, 3.63) is 77.1 Å². The molecule has 0 unspecified atom stereocenters. The first kappa shape index (κ1) is 21.4. The van der Waals surface area contributed by atoms with Gasteiger partial charge in [-0.05, 0) is 55.7 Å². The first-order valence-electron chi connectivity index (χ1n) is 10.3. The van der Waals surface area contributed by atoms with E-state index in [1.54, 1.807) is 24.1 Å². The number of hydrogen-bond acceptors (Lipinski definition) is 4. The van der Waals surface area contributed by atoms with Crippen LogP contribution < -0.4 is 15.0 Å². The summed E-state index contributed by atoms with van der Waals surface area (Å²) in [5.41, 5.74) is 4.33. The summed E-state index contributed by atoms with van der Waals surface area (Å²) in [7, 11) is 1.74. The monoisotopic (exact) mass is 429 g/mol. The van der Waals surface area contributed by atoms with E-state index in [9.17, 15) is 14.4 Å². The van der Waals surface area contributed by atoms with Crippen molar-refractivity contribution >= 4 is 17.3 Å². The minimum atomic E-state index is -0.759. The molecule has 0 radical (unpaired) electrons. The third-order valence-electron chi connectivity index (χ3n) is 5.76. The first-order chi connectivity index (χ1) is 15.2. The fourth-order valence-electron chi connectivity index (χ4n) is 4.12. The van der Waals surface area contributed by atoms with E-state index in [-0.39, 0.29) is 18.3 Å². The Morgan fingerprint density at radius 2 is 1.88 bits per heavy atom. The summed E-state index contributed by atoms with van der Waals surface area (Å²) in [4.78, 5) is 14.7. The number of aryl methyl sites for hydroxylation is 1. The van der Waals surface area contributed by atoms with Gasteiger partial charge >= 0.3 is 0 Å². The fraction of sp³-hybridized carbons (Fsp3) is 0.231. The van der Waals surface area contributed by atoms with Crippen LogP contribution in [0.4, 0.5) is 15.8 Å². The molecule has 0 atom stereocenters. The number of nitrogens with zero attached hydrogens (tertiary/aromatic N) is 2. The van der Waals surface area contributed by atoms with Gasteiger partial charge in [0.2, 0.25) is 0 Å². The second kappa shape index (κ2) is 8.01. The second-order valence-electron chi connectivity index (χ2n) is 8.46. The molecule has 4 rings (SSSR count). The van der Waals surface area contributed by atoms with Gasteiger partial charge < -0.3 is 15.0 Å². The molecule has 5 nitrogen and oxygen atoms in total. The van der Waals surface area contributed by atoms with Crippen LogP contribution >= 0.6 is 0 Å². The van der Waals surface area contributed by atoms with Crippen LogP contribution in [0.2, 0.25) is 0 Å². The van der Waals surface area contributed by atoms with Crippen molar-refractivity contribution in [2.45, 2.75) is 32.9 Å². The number of nitrogens with one attached hydrogen (secondary N) is 1. The molecule has 1 aliphatic rings. The maximum absolute atomic E-state index is 13.8. The SMILES string of the molecule is Cc1ccc(F)cc1OCc1c(-c2ccccc2C#N)ccc2c1N(C)C(=O)C(C)(C)N2. The van der Waals surface area contributed by atoms with Crippen molar-refractivity contribution < 1.29 is 13.9 Å². The minimum absolute atomic E-state index is 0.0843. The molecule has 0 fully saturated rings. The molecule has 3 aromatic carbocycles. The van der Waals surface area contributed by atoms with Gasteiger partial charge in [0.1, 0.15) is 23.7 Å². The Bertz CT molecular complexity index is 1260. The van der Waals surface area contributed by atoms with Crippen LogP contribution in [-0.4, -0.2) is 18.5 Å². The van der Waals surface area contributed by atoms with E-state index in [1.807, 2.05) is 51.1 Å². The highest BCUT2D eigenvalue weighted by Gasteiger charge is 2.38. The van der Waals surface area contributed by atoms with Crippen molar-refractivity contribution in [1.29, 1.82) is 5.26 Å². The highest BCUT2D eigenvalue weighted by molar-refractivity contribution is 6.08. The number of hydrogen-bond donors (Lipinski definition) is 1. The molecule has 0 aromatic heterocycles. The largest absolute Gasteiger partial charge is 0.488 e. The number of nitriles is 1. The molecule has 0 bridgehead atoms. The lowest BCUT2D eigenvalue weighted by molar-refractivity contribution is -0.121. The molecular weight excluding hydrogens is 405 g/mol. The number of halogens is 1. The fourth-order valence-corrected chi connectivity index (χ4v) is 4.12. The van der Waals surface area contributed by atoms with Crippen molar-refractivity contribution in [2.75, 3.05) is 17.3 Å². The predicted octanol–water partition coefficient (Wildman–Crippen LogP) is 5.42. The molecule has 1 N–H and O–H groups in total. The molecule has 0 aliphatic carbocycles. The number of carbonyl (C=O) groups excluding carboxylic acids is 1. The van der Waals surface area contributed by atoms with Gasteiger partial charge in [-0.2, -0.15) is 5.26 Å². The van der Waals surface area contributed by atoms with Gasteiger partial charge in [-0.1, -0.05) is 30.3 Å². The smallest absolute Gasteiger partial charge is 0.251 e. The first-order valence-corrected chi connectivity index (χ1v) is 10.3. The zero-order valence-corrected chi connectivity index (χ0v) is 18.5. The van der Waals surface area contributed by atoms with Crippen molar-refractivity contribution in [3.63, 3.8) is 0 Å². The van der Waals surface area contributed by atoms with E-state index in [1.165, 1.54) is 12.1 Å². The van der Waals surface area contributed by atoms with Gasteiger partial charge in [-0.25, -0.2) is 4.39 Å². The maximum Gasteiger partial charge on any atom is 0.251 e. The van der Waals surface area contributed by atoms with Gasteiger partial charge in [0, 0.05) is 18.7 Å². The van der Waals surface area contributed by atoms with Crippen LogP contribution in [0.25, 0.3) is 11.1 Å². The molecule has 0 saturated heterocycles. The summed E-state index contributed by atoms with van der Waals surface area (Å²) in [6, 6.07) is 17.8. The van der Waals surface area contributed by atoms with E-state index >= 15 is 0 Å². The zero-order valence-electron chi connectivity index (χ0n) is 18.5. The van der Waals surface area contributed by atoms with Crippen LogP contribution in [0.3, 0.4) is 0 Å². The summed E-state index contributed by atoms with van der Waals surface area (Å²) < 4.78 is 19.9. The Labute approximate surface area is 187 Å². The average molecular weight is 429 g/mol. The number of benzene rings is 3. The van der Waals surface area contributed by atoms with Crippen molar-refractivity contribution in [2.24, 2.45) is 0 Å². The van der Waals surface area contributed by atoms with Crippen LogP contribution in [0.1, 0.15) is 30.5 Å². The summed E-state index contributed by atoms with van der Waals surface area (Å²) in [6.45, 7) is 5.61. The van der Waals surface area contributed by atoms with Gasteiger partial charge in [0.05, 0.1) is 23.0 Å². The Balaban J connectivity index is 1.89. The Morgan fingerprint density at radius 1 is 1.12 bits per heavy atom. The number of amides is 1. The van der Waals surface area contributed by atoms with Gasteiger partial charge in [0.25, 0.3) is 5.91 Å². The summed E-state index contributed by atoms with van der Waals surface area (Å²) >= 11 is 0. The van der Waals surface area contributed by atoms with Crippen LogP contribution in [0.5, 0.6) is 5.75 Å². The number of likely N-dealkylation sites (N-methyl/N-ethyl adjacent to an activating group) is 1. The molecule has 0 spiro atoms. The molecule has 0 saturated carbocycles. The highest BCUT2D eigenvalue weighted by atomic mass is 19.1. The van der Waals surface area contributed by atoms with Gasteiger partial charge in [-0.15, -0.1) is 0 Å². The minimum Gasteiger partial charge on any atom is -0.488 e. The van der Waals surface area contributed by atoms with E-state index in [0.717, 1.165) is 27.9 Å². The molecule has 32 heavy (non-hydrogen) atoms. The summed E-state index contributed by atoms with van der Waals surface area (Å²) in [5, 5.41) is 13.0. The maximum atomic E-state index is 13.8. The molecule has 1 heterocycles. The standard InChI is InChI=1S/C26H24FN3O2/c1-16-9-10-18(27)13-23(16)32-15-21-20(19-8-6-5-7-17(19)14-28)11-12-22-24(21)30(4)25(31)26(2,3)29-22/h5-13,29H,15H2,1-4H3. The van der Waals surface area contributed by atoms with E-state index in [0.29, 0.717) is 17.0 Å². The zero-order chi connectivity index (χ0) is 23.0. The topological polar surface area (TPSA) is 65.4 Å². The van der Waals surface area contributed by atoms with Crippen LogP contribution in [0.15, 0.2) is 54.6 Å². The van der Waals surface area contributed by atoms with E-state index in [4.69, 9.17) is 4.74 Å². The van der Waals surface area contributed by atoms with Crippen molar-refractivity contribution in [3.8, 4) is 22.9 Å². The molecule has 1 aliphatic heterocycles. The van der Waals surface area contributed by atoms with Crippen LogP contribution in [-0.2, 0) is 11.4 Å². The third-order valence-corrected chi connectivity index (χ3v) is 5.76. The van der Waals surface area contributed by atoms with Gasteiger partial charge in [0.15, 0.2) is 0 Å². The second-order valence-corrected chi connectivity index (χ2v) is 8.46. The molecule has 162 valence electrons. The molecular formula is C26H24FN3O2. The number of rotatable bonds is 4. The normalized spacial score (nSPS) is 14.4. The number of ether oxygens (including phenoxy) is 1. The van der Waals surface area contributed by atoms with E-state index < -0.39 is 5.54 Å². The highest BCUT2D eigenvalue weighted by Crippen LogP contribution is 2.43. The number of fused-ring (bicyclic) bond motifs is 1. The lowest BCUT2D eigenvalue weighted by Gasteiger charge is -2.39. The molecule has 6 heteroatoms. The number of carbonyl (C=O) groups is 1. The van der Waals surface area contributed by atoms with Gasteiger partial charge in [-0.3, -0.25) is 4.79 Å². The average Bonchev–Trinajstić information content (AvgIpc) is 2.77. The lowest BCUT2D eigenvalue weighted by Crippen LogP contribution is -2.52. The quantitative estimate of drug-likeness (QED) is 0.602. The summed E-state index contributed by atoms with van der Waals surface area (Å²) in [6.07, 6.45) is 0. The lowest BCUT2D eigenvalue weighted by atomic mass is 9.90. The Kier molecular flexibility index (Phi) is 5.35. The summed E-state index contributed by atoms with van der Waals surface area (Å²) in [5.74, 6) is -0.0365. The molecule has 1 amide bonds. The van der Waals surface area contributed by atoms with E-state index in [2.05, 4.69) is 11.4 Å². The Morgan fingerprint density at radius 3 is 2.62 bits per heavy atom.